The molecule has 0 fully saturated rings. The molecule has 2 aromatic carbocycles. The van der Waals surface area contributed by atoms with E-state index < -0.39 is 87.7 Å². The van der Waals surface area contributed by atoms with E-state index in [-0.39, 0.29) is 0 Å². The van der Waals surface area contributed by atoms with Crippen molar-refractivity contribution in [1.29, 1.82) is 0 Å². The van der Waals surface area contributed by atoms with Gasteiger partial charge in [0.1, 0.15) is 18.9 Å². The number of ether oxygens (including phenoxy) is 4. The van der Waals surface area contributed by atoms with Crippen LogP contribution in [0.2, 0.25) is 39.3 Å². The number of alkyl halides is 6. The third kappa shape index (κ3) is 18.1. The summed E-state index contributed by atoms with van der Waals surface area (Å²) in [5.41, 5.74) is -6.96. The van der Waals surface area contributed by atoms with Gasteiger partial charge in [-0.1, -0.05) is 79.2 Å². The minimum absolute atomic E-state index is 0.394. The van der Waals surface area contributed by atoms with Gasteiger partial charge in [-0.25, -0.2) is 0 Å². The summed E-state index contributed by atoms with van der Waals surface area (Å²) in [6.45, 7) is 17.7. The number of methoxy groups -OCH3 is 4. The van der Waals surface area contributed by atoms with Crippen LogP contribution in [0.3, 0.4) is 0 Å². The lowest BCUT2D eigenvalue weighted by atomic mass is 9.73. The maximum absolute atomic E-state index is 14.4. The number of carbonyl (C=O) groups excluding carboxylic acids is 2. The fourth-order valence-corrected chi connectivity index (χ4v) is 8.07. The molecule has 328 valence electrons. The molecule has 0 aromatic heterocycles. The molecule has 0 saturated heterocycles. The molecule has 0 spiro atoms. The molecule has 0 saturated carbocycles. The monoisotopic (exact) mass is 1000 g/mol. The average Bonchev–Trinajstić information content (AvgIpc) is 3.01. The highest BCUT2D eigenvalue weighted by atomic mass is 79.9. The molecule has 8 nitrogen and oxygen atoms in total. The zero-order valence-corrected chi connectivity index (χ0v) is 40.9. The smallest absolute Gasteiger partial charge is 0.417 e. The Labute approximate surface area is 356 Å². The summed E-state index contributed by atoms with van der Waals surface area (Å²) in [5.74, 6) is -1.24. The Balaban J connectivity index is 0.000000991. The number of hydrogen-bond acceptors (Lipinski definition) is 8. The van der Waals surface area contributed by atoms with E-state index in [9.17, 15) is 41.0 Å². The SMILES string of the molecule is COC(=O)C[C@@](CC(C)(C)c1cc(Br)ccc1OC)(O[Si](C)(C)C)C(F)(F)F.COC(=O)C[C@](O)(CC(C)(C)c1cc(Br)ccc1OC)C(F)(F)F.C[Si](C)(C)Cl. The number of carbonyl (C=O) groups is 2. The molecule has 0 unspecified atom stereocenters. The molecule has 0 aliphatic heterocycles. The number of hydrogen-bond donors (Lipinski definition) is 1. The first-order valence-corrected chi connectivity index (χ1v) is 27.0. The first-order chi connectivity index (χ1) is 25.4. The molecule has 1 N–H and O–H groups in total. The molecule has 2 atom stereocenters. The fraction of sp³-hybridized carbons (Fsp3) is 0.632. The van der Waals surface area contributed by atoms with Crippen LogP contribution in [0.15, 0.2) is 45.3 Å². The summed E-state index contributed by atoms with van der Waals surface area (Å²) in [5, 5.41) is 10.2. The Hall–Kier alpha value is -1.84. The number of rotatable bonds is 14. The van der Waals surface area contributed by atoms with E-state index in [2.05, 4.69) is 61.0 Å². The van der Waals surface area contributed by atoms with Crippen molar-refractivity contribution in [3.63, 3.8) is 0 Å². The summed E-state index contributed by atoms with van der Waals surface area (Å²) in [6, 6.07) is 10.1. The molecule has 2 aromatic rings. The second-order valence-electron chi connectivity index (χ2n) is 16.6. The summed E-state index contributed by atoms with van der Waals surface area (Å²) < 4.78 is 110. The quantitative estimate of drug-likeness (QED) is 0.0865. The number of aliphatic hydroxyl groups is 1. The van der Waals surface area contributed by atoms with Crippen molar-refractivity contribution in [2.45, 2.75) is 127 Å². The maximum Gasteiger partial charge on any atom is 0.417 e. The Morgan fingerprint density at radius 1 is 0.667 bits per heavy atom. The molecule has 0 bridgehead atoms. The van der Waals surface area contributed by atoms with Crippen LogP contribution in [0.4, 0.5) is 26.3 Å². The lowest BCUT2D eigenvalue weighted by Gasteiger charge is -2.44. The first kappa shape index (κ1) is 55.2. The van der Waals surface area contributed by atoms with Crippen LogP contribution in [0.5, 0.6) is 11.5 Å². The first-order valence-electron chi connectivity index (χ1n) is 17.5. The molecule has 0 radical (unpaired) electrons. The highest BCUT2D eigenvalue weighted by Crippen LogP contribution is 2.49. The molecular weight excluding hydrogens is 950 g/mol. The Kier molecular flexibility index (Phi) is 20.4. The van der Waals surface area contributed by atoms with Crippen molar-refractivity contribution in [2.75, 3.05) is 28.4 Å². The normalized spacial score (nSPS) is 14.7. The van der Waals surface area contributed by atoms with Crippen molar-refractivity contribution in [3.05, 3.63) is 56.5 Å². The van der Waals surface area contributed by atoms with Crippen LogP contribution in [-0.4, -0.2) is 84.7 Å². The van der Waals surface area contributed by atoms with Gasteiger partial charge < -0.3 is 28.5 Å². The van der Waals surface area contributed by atoms with Crippen LogP contribution in [0.1, 0.15) is 64.5 Å². The predicted octanol–water partition coefficient (Wildman–Crippen LogP) is 11.9. The van der Waals surface area contributed by atoms with Gasteiger partial charge in [-0.15, -0.1) is 0 Å². The highest BCUT2D eigenvalue weighted by Gasteiger charge is 2.61. The van der Waals surface area contributed by atoms with Gasteiger partial charge in [0.15, 0.2) is 19.5 Å². The van der Waals surface area contributed by atoms with E-state index in [0.29, 0.717) is 31.6 Å². The van der Waals surface area contributed by atoms with E-state index >= 15 is 0 Å². The lowest BCUT2D eigenvalue weighted by molar-refractivity contribution is -0.269. The topological polar surface area (TPSA) is 101 Å². The largest absolute Gasteiger partial charge is 0.496 e. The van der Waals surface area contributed by atoms with Crippen molar-refractivity contribution in [1.82, 2.24) is 0 Å². The van der Waals surface area contributed by atoms with Crippen LogP contribution in [-0.2, 0) is 34.3 Å². The number of esters is 2. The van der Waals surface area contributed by atoms with Crippen LogP contribution >= 0.6 is 42.9 Å². The van der Waals surface area contributed by atoms with Crippen molar-refractivity contribution in [2.24, 2.45) is 0 Å². The Morgan fingerprint density at radius 3 is 1.32 bits per heavy atom. The van der Waals surface area contributed by atoms with Gasteiger partial charge in [0.2, 0.25) is 0 Å². The molecule has 19 heteroatoms. The second-order valence-corrected chi connectivity index (χ2v) is 30.4. The van der Waals surface area contributed by atoms with E-state index in [1.54, 1.807) is 83.7 Å². The zero-order chi connectivity index (χ0) is 45.2. The molecular formula is C38H57Br2ClF6O8Si2. The summed E-state index contributed by atoms with van der Waals surface area (Å²) in [4.78, 5) is 23.3. The molecule has 0 amide bonds. The number of halogens is 9. The second kappa shape index (κ2) is 21.1. The lowest BCUT2D eigenvalue weighted by Crippen LogP contribution is -2.57. The van der Waals surface area contributed by atoms with Crippen molar-refractivity contribution >= 4 is 70.6 Å². The molecule has 57 heavy (non-hydrogen) atoms. The maximum atomic E-state index is 14.4. The molecule has 0 aliphatic carbocycles. The summed E-state index contributed by atoms with van der Waals surface area (Å²) in [7, 11) is 1.10. The van der Waals surface area contributed by atoms with E-state index in [1.807, 2.05) is 0 Å². The zero-order valence-electron chi connectivity index (χ0n) is 35.0. The third-order valence-corrected chi connectivity index (χ3v) is 10.1. The van der Waals surface area contributed by atoms with E-state index in [1.165, 1.54) is 14.2 Å². The van der Waals surface area contributed by atoms with Gasteiger partial charge in [0.25, 0.3) is 0 Å². The number of benzene rings is 2. The summed E-state index contributed by atoms with van der Waals surface area (Å²) >= 11 is 12.3. The fourth-order valence-electron chi connectivity index (χ4n) is 5.91. The van der Waals surface area contributed by atoms with Crippen LogP contribution in [0.25, 0.3) is 0 Å². The Morgan fingerprint density at radius 2 is 1.02 bits per heavy atom. The Bertz CT molecular complexity index is 1630. The minimum atomic E-state index is -4.99. The standard InChI is InChI=1S/C19H28BrF3O4Si.C16H20BrF3O4.C3H9ClSi/c1-17(2,14-10-13(20)8-9-15(14)25-3)12-18(19(21,22)23,11-16(24)26-4)27-28(5,6)7;1-14(2,11-7-10(17)5-6-12(11)23-3)9-15(22,16(18,19)20)8-13(21)24-4;1-5(2,3)4/h8-10H,11-12H2,1-7H3;5-7,22H,8-9H2,1-4H3;1-3H3/t18-;15-;/m00./s1. The van der Waals surface area contributed by atoms with Gasteiger partial charge in [-0.3, -0.25) is 9.59 Å². The van der Waals surface area contributed by atoms with Gasteiger partial charge in [0.05, 0.1) is 41.3 Å². The van der Waals surface area contributed by atoms with Gasteiger partial charge in [0, 0.05) is 20.1 Å². The highest BCUT2D eigenvalue weighted by molar-refractivity contribution is 9.10. The van der Waals surface area contributed by atoms with E-state index in [0.717, 1.165) is 14.2 Å². The average molecular weight is 1010 g/mol. The van der Waals surface area contributed by atoms with Crippen LogP contribution in [0, 0.1) is 0 Å². The molecule has 0 heterocycles. The molecule has 0 aliphatic rings. The minimum Gasteiger partial charge on any atom is -0.496 e. The van der Waals surface area contributed by atoms with Gasteiger partial charge in [-0.2, -0.15) is 37.4 Å². The third-order valence-electron chi connectivity index (χ3n) is 8.11. The summed E-state index contributed by atoms with van der Waals surface area (Å²) in [6.07, 6.45) is -13.0. The van der Waals surface area contributed by atoms with Crippen molar-refractivity contribution in [3.8, 4) is 11.5 Å². The molecule has 2 rings (SSSR count). The van der Waals surface area contributed by atoms with Crippen molar-refractivity contribution < 1.29 is 64.4 Å². The van der Waals surface area contributed by atoms with Gasteiger partial charge in [-0.05, 0) is 79.7 Å². The van der Waals surface area contributed by atoms with E-state index in [4.69, 9.17) is 25.0 Å². The van der Waals surface area contributed by atoms with Crippen LogP contribution < -0.4 is 9.47 Å². The predicted molar refractivity (Wildman–Crippen MR) is 223 cm³/mol. The van der Waals surface area contributed by atoms with Gasteiger partial charge >= 0.3 is 24.3 Å².